The molecule has 0 aliphatic carbocycles. The normalized spacial score (nSPS) is 12.2. The summed E-state index contributed by atoms with van der Waals surface area (Å²) in [4.78, 5) is 11.9. The van der Waals surface area contributed by atoms with Crippen LogP contribution in [-0.4, -0.2) is 19.1 Å². The van der Waals surface area contributed by atoms with Crippen molar-refractivity contribution in [1.29, 1.82) is 0 Å². The van der Waals surface area contributed by atoms with Crippen LogP contribution >= 0.6 is 0 Å². The zero-order valence-corrected chi connectivity index (χ0v) is 15.3. The van der Waals surface area contributed by atoms with Gasteiger partial charge in [0.2, 0.25) is 0 Å². The summed E-state index contributed by atoms with van der Waals surface area (Å²) < 4.78 is 24.2. The van der Waals surface area contributed by atoms with Gasteiger partial charge in [0.25, 0.3) is 5.91 Å². The standard InChI is InChI=1S/C23H20FNO3/c24-20-3-1-2-4-22(20)28-15-23(26)25-14-16-5-7-17(8-6-16)18-9-10-21-19(13-18)11-12-27-21/h1-10,13H,11-12,14-15H2,(H,25,26). The maximum atomic E-state index is 13.5. The van der Waals surface area contributed by atoms with E-state index in [-0.39, 0.29) is 18.3 Å². The van der Waals surface area contributed by atoms with Gasteiger partial charge in [-0.1, -0.05) is 42.5 Å². The van der Waals surface area contributed by atoms with E-state index in [0.29, 0.717) is 6.54 Å². The Balaban J connectivity index is 1.31. The van der Waals surface area contributed by atoms with Gasteiger partial charge in [-0.2, -0.15) is 0 Å². The second-order valence-electron chi connectivity index (χ2n) is 6.61. The van der Waals surface area contributed by atoms with Crippen molar-refractivity contribution in [3.8, 4) is 22.6 Å². The van der Waals surface area contributed by atoms with Gasteiger partial charge < -0.3 is 14.8 Å². The summed E-state index contributed by atoms with van der Waals surface area (Å²) in [7, 11) is 0. The molecule has 1 aliphatic heterocycles. The first-order valence-corrected chi connectivity index (χ1v) is 9.18. The van der Waals surface area contributed by atoms with E-state index in [1.807, 2.05) is 30.3 Å². The van der Waals surface area contributed by atoms with Crippen LogP contribution in [0.2, 0.25) is 0 Å². The number of hydrogen-bond donors (Lipinski definition) is 1. The first-order valence-electron chi connectivity index (χ1n) is 9.18. The van der Waals surface area contributed by atoms with Gasteiger partial charge in [0.05, 0.1) is 6.61 Å². The van der Waals surface area contributed by atoms with Gasteiger partial charge in [-0.25, -0.2) is 4.39 Å². The summed E-state index contributed by atoms with van der Waals surface area (Å²) in [5, 5.41) is 2.78. The van der Waals surface area contributed by atoms with E-state index in [2.05, 4.69) is 17.4 Å². The van der Waals surface area contributed by atoms with Crippen molar-refractivity contribution < 1.29 is 18.7 Å². The number of carbonyl (C=O) groups excluding carboxylic acids is 1. The van der Waals surface area contributed by atoms with Crippen molar-refractivity contribution in [3.05, 3.63) is 83.7 Å². The topological polar surface area (TPSA) is 47.6 Å². The van der Waals surface area contributed by atoms with Crippen LogP contribution in [-0.2, 0) is 17.8 Å². The SMILES string of the molecule is O=C(COc1ccccc1F)NCc1ccc(-c2ccc3c(c2)CCO3)cc1. The highest BCUT2D eigenvalue weighted by atomic mass is 19.1. The van der Waals surface area contributed by atoms with Gasteiger partial charge >= 0.3 is 0 Å². The molecule has 142 valence electrons. The average molecular weight is 377 g/mol. The minimum atomic E-state index is -0.482. The highest BCUT2D eigenvalue weighted by Crippen LogP contribution is 2.30. The number of para-hydroxylation sites is 1. The summed E-state index contributed by atoms with van der Waals surface area (Å²) in [6, 6.07) is 20.3. The molecule has 3 aromatic carbocycles. The summed E-state index contributed by atoms with van der Waals surface area (Å²) in [6.07, 6.45) is 0.947. The Kier molecular flexibility index (Phi) is 5.24. The van der Waals surface area contributed by atoms with E-state index in [1.165, 1.54) is 17.7 Å². The van der Waals surface area contributed by atoms with Crippen LogP contribution in [0.4, 0.5) is 4.39 Å². The lowest BCUT2D eigenvalue weighted by Crippen LogP contribution is -2.28. The van der Waals surface area contributed by atoms with Gasteiger partial charge in [0.1, 0.15) is 5.75 Å². The summed E-state index contributed by atoms with van der Waals surface area (Å²) in [5.74, 6) is 0.261. The van der Waals surface area contributed by atoms with Crippen LogP contribution in [0.25, 0.3) is 11.1 Å². The van der Waals surface area contributed by atoms with Crippen molar-refractivity contribution in [2.45, 2.75) is 13.0 Å². The minimum Gasteiger partial charge on any atom is -0.493 e. The number of nitrogens with one attached hydrogen (secondary N) is 1. The van der Waals surface area contributed by atoms with Gasteiger partial charge in [0, 0.05) is 13.0 Å². The smallest absolute Gasteiger partial charge is 0.258 e. The van der Waals surface area contributed by atoms with Crippen molar-refractivity contribution >= 4 is 5.91 Å². The lowest BCUT2D eigenvalue weighted by molar-refractivity contribution is -0.123. The second-order valence-corrected chi connectivity index (χ2v) is 6.61. The Morgan fingerprint density at radius 3 is 2.64 bits per heavy atom. The molecule has 4 rings (SSSR count). The van der Waals surface area contributed by atoms with Crippen LogP contribution in [0.15, 0.2) is 66.7 Å². The molecule has 0 fully saturated rings. The van der Waals surface area contributed by atoms with Crippen molar-refractivity contribution in [2.24, 2.45) is 0 Å². The highest BCUT2D eigenvalue weighted by molar-refractivity contribution is 5.77. The largest absolute Gasteiger partial charge is 0.493 e. The van der Waals surface area contributed by atoms with Crippen LogP contribution in [0.1, 0.15) is 11.1 Å². The zero-order valence-electron chi connectivity index (χ0n) is 15.3. The van der Waals surface area contributed by atoms with E-state index in [9.17, 15) is 9.18 Å². The van der Waals surface area contributed by atoms with E-state index >= 15 is 0 Å². The number of benzene rings is 3. The van der Waals surface area contributed by atoms with E-state index in [0.717, 1.165) is 35.5 Å². The summed E-state index contributed by atoms with van der Waals surface area (Å²) in [5.41, 5.74) is 4.49. The Hall–Kier alpha value is -3.34. The van der Waals surface area contributed by atoms with E-state index in [4.69, 9.17) is 9.47 Å². The fourth-order valence-electron chi connectivity index (χ4n) is 3.14. The molecule has 1 aliphatic rings. The Labute approximate surface area is 162 Å². The fourth-order valence-corrected chi connectivity index (χ4v) is 3.14. The molecule has 0 atom stereocenters. The average Bonchev–Trinajstić information content (AvgIpc) is 3.20. The number of amides is 1. The third-order valence-electron chi connectivity index (χ3n) is 4.66. The Bertz CT molecular complexity index is 985. The molecular weight excluding hydrogens is 357 g/mol. The molecule has 1 N–H and O–H groups in total. The highest BCUT2D eigenvalue weighted by Gasteiger charge is 2.12. The quantitative estimate of drug-likeness (QED) is 0.703. The van der Waals surface area contributed by atoms with Gasteiger partial charge in [-0.3, -0.25) is 4.79 Å². The van der Waals surface area contributed by atoms with Crippen molar-refractivity contribution in [3.63, 3.8) is 0 Å². The Morgan fingerprint density at radius 2 is 1.82 bits per heavy atom. The number of fused-ring (bicyclic) bond motifs is 1. The molecule has 0 saturated carbocycles. The zero-order chi connectivity index (χ0) is 19.3. The first kappa shape index (κ1) is 18.0. The minimum absolute atomic E-state index is 0.0711. The lowest BCUT2D eigenvalue weighted by Gasteiger charge is -2.09. The van der Waals surface area contributed by atoms with Crippen molar-refractivity contribution in [2.75, 3.05) is 13.2 Å². The predicted molar refractivity (Wildman–Crippen MR) is 105 cm³/mol. The molecule has 28 heavy (non-hydrogen) atoms. The third-order valence-corrected chi connectivity index (χ3v) is 4.66. The lowest BCUT2D eigenvalue weighted by atomic mass is 10.0. The van der Waals surface area contributed by atoms with Crippen LogP contribution in [0.5, 0.6) is 11.5 Å². The summed E-state index contributed by atoms with van der Waals surface area (Å²) in [6.45, 7) is 0.909. The Morgan fingerprint density at radius 1 is 1.04 bits per heavy atom. The van der Waals surface area contributed by atoms with Crippen LogP contribution in [0.3, 0.4) is 0 Å². The second kappa shape index (κ2) is 8.13. The molecule has 0 saturated heterocycles. The monoisotopic (exact) mass is 377 g/mol. The third kappa shape index (κ3) is 4.14. The molecule has 1 amide bonds. The molecular formula is C23H20FNO3. The molecule has 0 spiro atoms. The van der Waals surface area contributed by atoms with E-state index < -0.39 is 5.82 Å². The maximum Gasteiger partial charge on any atom is 0.258 e. The maximum absolute atomic E-state index is 13.5. The number of hydrogen-bond acceptors (Lipinski definition) is 3. The molecule has 0 unspecified atom stereocenters. The number of carbonyl (C=O) groups is 1. The molecule has 0 radical (unpaired) electrons. The van der Waals surface area contributed by atoms with E-state index in [1.54, 1.807) is 12.1 Å². The molecule has 0 bridgehead atoms. The molecule has 4 nitrogen and oxygen atoms in total. The van der Waals surface area contributed by atoms with Crippen LogP contribution in [0, 0.1) is 5.82 Å². The number of ether oxygens (including phenoxy) is 2. The molecule has 1 heterocycles. The number of rotatable bonds is 6. The molecule has 5 heteroatoms. The number of halogens is 1. The molecule has 0 aromatic heterocycles. The summed E-state index contributed by atoms with van der Waals surface area (Å²) >= 11 is 0. The van der Waals surface area contributed by atoms with Gasteiger partial charge in [-0.05, 0) is 46.5 Å². The predicted octanol–water partition coefficient (Wildman–Crippen LogP) is 4.12. The first-order chi connectivity index (χ1) is 13.7. The van der Waals surface area contributed by atoms with Crippen molar-refractivity contribution in [1.82, 2.24) is 5.32 Å². The fraction of sp³-hybridized carbons (Fsp3) is 0.174. The van der Waals surface area contributed by atoms with Gasteiger partial charge in [-0.15, -0.1) is 0 Å². The molecule has 3 aromatic rings. The van der Waals surface area contributed by atoms with Gasteiger partial charge in [0.15, 0.2) is 18.2 Å². The van der Waals surface area contributed by atoms with Crippen LogP contribution < -0.4 is 14.8 Å².